The highest BCUT2D eigenvalue weighted by Gasteiger charge is 2.38. The molecule has 3 N–H and O–H groups in total. The van der Waals surface area contributed by atoms with Crippen LogP contribution >= 0.6 is 0 Å². The lowest BCUT2D eigenvalue weighted by atomic mass is 9.85. The number of aliphatic imine (C=N–C) groups is 1. The fourth-order valence-electron chi connectivity index (χ4n) is 2.63. The molecule has 2 rings (SSSR count). The maximum atomic E-state index is 12.8. The number of allylic oxidation sites excluding steroid dienone is 4. The van der Waals surface area contributed by atoms with Crippen molar-refractivity contribution in [2.24, 2.45) is 16.6 Å². The van der Waals surface area contributed by atoms with Crippen molar-refractivity contribution in [3.8, 4) is 0 Å². The molecule has 0 radical (unpaired) electrons. The zero-order valence-electron chi connectivity index (χ0n) is 13.4. The smallest absolute Gasteiger partial charge is 0.370 e. The van der Waals surface area contributed by atoms with E-state index in [1.807, 2.05) is 18.2 Å². The number of hydrogen-bond donors (Lipinski definition) is 2. The molecule has 0 fully saturated rings. The molecule has 0 aromatic carbocycles. The monoisotopic (exact) mass is 338 g/mol. The summed E-state index contributed by atoms with van der Waals surface area (Å²) in [4.78, 5) is 8.18. The maximum Gasteiger partial charge on any atom is 0.395 e. The molecule has 2 unspecified atom stereocenters. The first-order valence-electron chi connectivity index (χ1n) is 7.74. The molecule has 4 nitrogen and oxygen atoms in total. The zero-order valence-corrected chi connectivity index (χ0v) is 13.4. The lowest BCUT2D eigenvalue weighted by molar-refractivity contribution is -0.160. The molecule has 0 saturated carbocycles. The number of nitrogens with two attached hydrogens (primary N) is 1. The van der Waals surface area contributed by atoms with E-state index in [4.69, 9.17) is 5.73 Å². The lowest BCUT2D eigenvalue weighted by Crippen LogP contribution is -2.33. The van der Waals surface area contributed by atoms with Gasteiger partial charge in [0.15, 0.2) is 5.96 Å². The van der Waals surface area contributed by atoms with Crippen molar-refractivity contribution < 1.29 is 13.2 Å². The topological polar surface area (TPSA) is 63.3 Å². The van der Waals surface area contributed by atoms with Crippen LogP contribution in [0.25, 0.3) is 0 Å². The minimum Gasteiger partial charge on any atom is -0.370 e. The molecule has 0 bridgehead atoms. The summed E-state index contributed by atoms with van der Waals surface area (Å²) in [7, 11) is 1.59. The molecule has 0 amide bonds. The molecular weight excluding hydrogens is 317 g/mol. The van der Waals surface area contributed by atoms with Crippen LogP contribution in [0.1, 0.15) is 24.5 Å². The Kier molecular flexibility index (Phi) is 6.00. The number of guanidine groups is 1. The third kappa shape index (κ3) is 4.84. The second kappa shape index (κ2) is 7.99. The average molecular weight is 338 g/mol. The third-order valence-corrected chi connectivity index (χ3v) is 3.98. The highest BCUT2D eigenvalue weighted by atomic mass is 19.4. The molecule has 0 saturated heterocycles. The van der Waals surface area contributed by atoms with Gasteiger partial charge in [-0.2, -0.15) is 13.2 Å². The van der Waals surface area contributed by atoms with Crippen LogP contribution in [0.4, 0.5) is 13.2 Å². The van der Waals surface area contributed by atoms with Crippen molar-refractivity contribution in [1.82, 2.24) is 10.3 Å². The predicted octanol–water partition coefficient (Wildman–Crippen LogP) is 3.15. The lowest BCUT2D eigenvalue weighted by Gasteiger charge is -2.24. The van der Waals surface area contributed by atoms with Gasteiger partial charge in [-0.3, -0.25) is 9.98 Å². The van der Waals surface area contributed by atoms with Crippen LogP contribution in [-0.4, -0.2) is 30.7 Å². The van der Waals surface area contributed by atoms with Crippen LogP contribution in [0.2, 0.25) is 0 Å². The number of rotatable bonds is 5. The molecule has 130 valence electrons. The number of nitrogens with one attached hydrogen (secondary N) is 1. The summed E-state index contributed by atoms with van der Waals surface area (Å²) in [6, 6.07) is 5.56. The van der Waals surface area contributed by atoms with Gasteiger partial charge in [-0.1, -0.05) is 24.3 Å². The fraction of sp³-hybridized carbons (Fsp3) is 0.412. The van der Waals surface area contributed by atoms with E-state index in [2.05, 4.69) is 15.3 Å². The molecule has 7 heteroatoms. The van der Waals surface area contributed by atoms with Gasteiger partial charge in [-0.05, 0) is 30.5 Å². The Hall–Kier alpha value is -2.31. The van der Waals surface area contributed by atoms with Crippen LogP contribution in [0.3, 0.4) is 0 Å². The number of pyridine rings is 1. The van der Waals surface area contributed by atoms with Gasteiger partial charge in [0.1, 0.15) is 0 Å². The van der Waals surface area contributed by atoms with E-state index in [1.54, 1.807) is 25.4 Å². The molecule has 24 heavy (non-hydrogen) atoms. The molecular formula is C17H21F3N4. The van der Waals surface area contributed by atoms with Crippen LogP contribution in [-0.2, 0) is 0 Å². The molecule has 1 aromatic heterocycles. The zero-order chi connectivity index (χ0) is 17.6. The highest BCUT2D eigenvalue weighted by Crippen LogP contribution is 2.37. The van der Waals surface area contributed by atoms with Crippen molar-refractivity contribution in [3.05, 3.63) is 53.9 Å². The summed E-state index contributed by atoms with van der Waals surface area (Å²) >= 11 is 0. The first-order valence-corrected chi connectivity index (χ1v) is 7.74. The van der Waals surface area contributed by atoms with Crippen molar-refractivity contribution in [1.29, 1.82) is 0 Å². The maximum absolute atomic E-state index is 12.8. The Labute approximate surface area is 139 Å². The van der Waals surface area contributed by atoms with Crippen molar-refractivity contribution in [3.63, 3.8) is 0 Å². The van der Waals surface area contributed by atoms with E-state index >= 15 is 0 Å². The molecule has 1 aliphatic rings. The predicted molar refractivity (Wildman–Crippen MR) is 88.5 cm³/mol. The second-order valence-electron chi connectivity index (χ2n) is 5.58. The number of aromatic nitrogens is 1. The molecule has 1 heterocycles. The van der Waals surface area contributed by atoms with Crippen molar-refractivity contribution in [2.75, 3.05) is 13.6 Å². The highest BCUT2D eigenvalue weighted by molar-refractivity contribution is 5.77. The molecule has 1 aromatic rings. The molecule has 2 atom stereocenters. The third-order valence-electron chi connectivity index (χ3n) is 3.98. The normalized spacial score (nSPS) is 19.8. The Bertz CT molecular complexity index is 620. The quantitative estimate of drug-likeness (QED) is 0.640. The summed E-state index contributed by atoms with van der Waals surface area (Å²) < 4.78 is 38.4. The largest absolute Gasteiger partial charge is 0.395 e. The van der Waals surface area contributed by atoms with E-state index in [1.165, 1.54) is 6.08 Å². The van der Waals surface area contributed by atoms with Gasteiger partial charge in [0.2, 0.25) is 0 Å². The Balaban J connectivity index is 2.12. The van der Waals surface area contributed by atoms with Gasteiger partial charge in [0.05, 0.1) is 5.92 Å². The van der Waals surface area contributed by atoms with Gasteiger partial charge in [-0.15, -0.1) is 0 Å². The SMILES string of the molecule is CN=C(N)NCCC(C1=CCC(C(F)(F)F)C=C1)c1ccccn1. The van der Waals surface area contributed by atoms with Crippen LogP contribution in [0, 0.1) is 5.92 Å². The van der Waals surface area contributed by atoms with Gasteiger partial charge in [0, 0.05) is 31.4 Å². The van der Waals surface area contributed by atoms with Gasteiger partial charge in [0.25, 0.3) is 0 Å². The fourth-order valence-corrected chi connectivity index (χ4v) is 2.63. The van der Waals surface area contributed by atoms with Crippen LogP contribution in [0.5, 0.6) is 0 Å². The number of alkyl halides is 3. The summed E-state index contributed by atoms with van der Waals surface area (Å²) in [5.41, 5.74) is 7.29. The number of halogens is 3. The van der Waals surface area contributed by atoms with Gasteiger partial charge < -0.3 is 11.1 Å². The minimum absolute atomic E-state index is 0.0371. The summed E-state index contributed by atoms with van der Waals surface area (Å²) in [6.45, 7) is 0.554. The summed E-state index contributed by atoms with van der Waals surface area (Å²) in [5.74, 6) is -1.17. The number of nitrogens with zero attached hydrogens (tertiary/aromatic N) is 2. The Morgan fingerprint density at radius 2 is 2.25 bits per heavy atom. The van der Waals surface area contributed by atoms with Crippen LogP contribution in [0.15, 0.2) is 53.2 Å². The van der Waals surface area contributed by atoms with Gasteiger partial charge >= 0.3 is 6.18 Å². The van der Waals surface area contributed by atoms with E-state index in [9.17, 15) is 13.2 Å². The van der Waals surface area contributed by atoms with Gasteiger partial charge in [-0.25, -0.2) is 0 Å². The molecule has 0 spiro atoms. The van der Waals surface area contributed by atoms with E-state index in [0.717, 1.165) is 11.3 Å². The first kappa shape index (κ1) is 18.0. The molecule has 1 aliphatic carbocycles. The Morgan fingerprint density at radius 3 is 2.79 bits per heavy atom. The van der Waals surface area contributed by atoms with E-state index in [0.29, 0.717) is 18.9 Å². The number of hydrogen-bond acceptors (Lipinski definition) is 2. The van der Waals surface area contributed by atoms with E-state index < -0.39 is 12.1 Å². The molecule has 0 aliphatic heterocycles. The average Bonchev–Trinajstić information content (AvgIpc) is 2.58. The summed E-state index contributed by atoms with van der Waals surface area (Å²) in [5, 5.41) is 2.97. The standard InChI is InChI=1S/C17H21F3N4/c1-22-16(21)24-11-9-14(15-4-2-3-10-23-15)12-5-7-13(8-6-12)17(18,19)20/h2-7,10,13-14H,8-9,11H2,1H3,(H3,21,22,24). The van der Waals surface area contributed by atoms with E-state index in [-0.39, 0.29) is 12.3 Å². The van der Waals surface area contributed by atoms with Crippen molar-refractivity contribution >= 4 is 5.96 Å². The Morgan fingerprint density at radius 1 is 1.46 bits per heavy atom. The van der Waals surface area contributed by atoms with Crippen LogP contribution < -0.4 is 11.1 Å². The van der Waals surface area contributed by atoms with Crippen molar-refractivity contribution in [2.45, 2.75) is 24.9 Å². The minimum atomic E-state index is -4.20. The summed E-state index contributed by atoms with van der Waals surface area (Å²) in [6.07, 6.45) is 2.56. The second-order valence-corrected chi connectivity index (χ2v) is 5.58. The first-order chi connectivity index (χ1) is 11.4.